The second kappa shape index (κ2) is 5.48. The Morgan fingerprint density at radius 1 is 1.50 bits per heavy atom. The maximum absolute atomic E-state index is 11.7. The number of hydrogen-bond donors (Lipinski definition) is 2. The van der Waals surface area contributed by atoms with Gasteiger partial charge < -0.3 is 10.4 Å². The van der Waals surface area contributed by atoms with Crippen molar-refractivity contribution in [3.05, 3.63) is 34.4 Å². The minimum atomic E-state index is -1.11. The molecule has 0 aromatic heterocycles. The van der Waals surface area contributed by atoms with Crippen LogP contribution in [0.2, 0.25) is 0 Å². The first-order valence-corrected chi connectivity index (χ1v) is 6.69. The van der Waals surface area contributed by atoms with Crippen LogP contribution in [0, 0.1) is 16.0 Å². The molecule has 6 nitrogen and oxygen atoms in total. The highest BCUT2D eigenvalue weighted by Gasteiger charge is 2.42. The topological polar surface area (TPSA) is 92.5 Å². The van der Waals surface area contributed by atoms with Gasteiger partial charge in [-0.1, -0.05) is 31.9 Å². The fourth-order valence-corrected chi connectivity index (χ4v) is 2.91. The molecule has 108 valence electrons. The molecule has 1 saturated carbocycles. The molecule has 2 N–H and O–H groups in total. The molecule has 1 aliphatic rings. The summed E-state index contributed by atoms with van der Waals surface area (Å²) < 4.78 is 0. The predicted molar refractivity (Wildman–Crippen MR) is 74.7 cm³/mol. The summed E-state index contributed by atoms with van der Waals surface area (Å²) in [4.78, 5) is 22.2. The van der Waals surface area contributed by atoms with Crippen LogP contribution in [0.3, 0.4) is 0 Å². The van der Waals surface area contributed by atoms with E-state index in [2.05, 4.69) is 5.32 Å². The van der Waals surface area contributed by atoms with Gasteiger partial charge in [0.05, 0.1) is 4.92 Å². The summed E-state index contributed by atoms with van der Waals surface area (Å²) in [6, 6.07) is 6.17. The molecule has 0 spiro atoms. The number of nitrogens with one attached hydrogen (secondary N) is 1. The standard InChI is InChI=1S/C14H18N2O4/c1-10-5-4-8-14(9-10,13(17)18)15-11-6-2-3-7-12(11)16(19)20/h2-3,6-7,10,15H,4-5,8-9H2,1H3,(H,17,18). The van der Waals surface area contributed by atoms with Gasteiger partial charge in [-0.15, -0.1) is 0 Å². The zero-order valence-corrected chi connectivity index (χ0v) is 11.3. The second-order valence-electron chi connectivity index (χ2n) is 5.49. The number of anilines is 1. The summed E-state index contributed by atoms with van der Waals surface area (Å²) >= 11 is 0. The van der Waals surface area contributed by atoms with Gasteiger partial charge >= 0.3 is 5.97 Å². The van der Waals surface area contributed by atoms with Crippen LogP contribution in [-0.4, -0.2) is 21.5 Å². The van der Waals surface area contributed by atoms with E-state index in [1.165, 1.54) is 6.07 Å². The molecule has 1 aromatic rings. The summed E-state index contributed by atoms with van der Waals surface area (Å²) in [6.45, 7) is 2.01. The first kappa shape index (κ1) is 14.3. The lowest BCUT2D eigenvalue weighted by Gasteiger charge is -2.37. The summed E-state index contributed by atoms with van der Waals surface area (Å²) in [5.41, 5.74) is -0.926. The Bertz CT molecular complexity index is 532. The highest BCUT2D eigenvalue weighted by molar-refractivity contribution is 5.84. The molecule has 2 rings (SSSR count). The molecule has 1 aliphatic carbocycles. The van der Waals surface area contributed by atoms with E-state index in [4.69, 9.17) is 0 Å². The molecule has 6 heteroatoms. The Hall–Kier alpha value is -2.11. The average molecular weight is 278 g/mol. The molecule has 2 unspecified atom stereocenters. The van der Waals surface area contributed by atoms with Crippen molar-refractivity contribution in [1.29, 1.82) is 0 Å². The SMILES string of the molecule is CC1CCCC(Nc2ccccc2[N+](=O)[O-])(C(=O)O)C1. The van der Waals surface area contributed by atoms with E-state index in [9.17, 15) is 20.0 Å². The number of nitro groups is 1. The molecule has 2 atom stereocenters. The highest BCUT2D eigenvalue weighted by atomic mass is 16.6. The number of hydrogen-bond acceptors (Lipinski definition) is 4. The Morgan fingerprint density at radius 2 is 2.20 bits per heavy atom. The second-order valence-corrected chi connectivity index (χ2v) is 5.49. The van der Waals surface area contributed by atoms with Gasteiger partial charge in [0.2, 0.25) is 0 Å². The van der Waals surface area contributed by atoms with Crippen molar-refractivity contribution < 1.29 is 14.8 Å². The zero-order chi connectivity index (χ0) is 14.8. The molecular formula is C14H18N2O4. The predicted octanol–water partition coefficient (Wildman–Crippen LogP) is 3.04. The van der Waals surface area contributed by atoms with Crippen molar-refractivity contribution in [1.82, 2.24) is 0 Å². The molecule has 0 bridgehead atoms. The van der Waals surface area contributed by atoms with Gasteiger partial charge in [0.1, 0.15) is 11.2 Å². The number of carbonyl (C=O) groups is 1. The minimum absolute atomic E-state index is 0.0913. The molecule has 0 saturated heterocycles. The van der Waals surface area contributed by atoms with Crippen LogP contribution in [0.15, 0.2) is 24.3 Å². The number of aliphatic carboxylic acids is 1. The van der Waals surface area contributed by atoms with Crippen molar-refractivity contribution >= 4 is 17.3 Å². The smallest absolute Gasteiger partial charge is 0.329 e. The van der Waals surface area contributed by atoms with Gasteiger partial charge in [-0.25, -0.2) is 4.79 Å². The maximum atomic E-state index is 11.7. The van der Waals surface area contributed by atoms with Crippen molar-refractivity contribution in [2.75, 3.05) is 5.32 Å². The van der Waals surface area contributed by atoms with E-state index in [1.807, 2.05) is 6.92 Å². The van der Waals surface area contributed by atoms with Gasteiger partial charge in [0.15, 0.2) is 0 Å². The van der Waals surface area contributed by atoms with Crippen LogP contribution in [0.5, 0.6) is 0 Å². The largest absolute Gasteiger partial charge is 0.480 e. The lowest BCUT2D eigenvalue weighted by molar-refractivity contribution is -0.384. The zero-order valence-electron chi connectivity index (χ0n) is 11.3. The molecule has 0 amide bonds. The molecule has 20 heavy (non-hydrogen) atoms. The van der Waals surface area contributed by atoms with Crippen LogP contribution in [0.4, 0.5) is 11.4 Å². The van der Waals surface area contributed by atoms with E-state index in [-0.39, 0.29) is 17.3 Å². The third-order valence-corrected chi connectivity index (χ3v) is 3.88. The normalized spacial score (nSPS) is 25.9. The summed E-state index contributed by atoms with van der Waals surface area (Å²) in [7, 11) is 0. The molecular weight excluding hydrogens is 260 g/mol. The Kier molecular flexibility index (Phi) is 3.92. The number of nitro benzene ring substituents is 1. The van der Waals surface area contributed by atoms with Gasteiger partial charge in [0.25, 0.3) is 5.69 Å². The Labute approximate surface area is 117 Å². The van der Waals surface area contributed by atoms with E-state index in [0.717, 1.165) is 12.8 Å². The van der Waals surface area contributed by atoms with Crippen LogP contribution >= 0.6 is 0 Å². The molecule has 0 radical (unpaired) electrons. The van der Waals surface area contributed by atoms with Crippen molar-refractivity contribution in [2.24, 2.45) is 5.92 Å². The summed E-state index contributed by atoms with van der Waals surface area (Å²) in [5.74, 6) is -0.655. The molecule has 1 aromatic carbocycles. The van der Waals surface area contributed by atoms with Crippen LogP contribution in [-0.2, 0) is 4.79 Å². The average Bonchev–Trinajstić information content (AvgIpc) is 2.39. The van der Waals surface area contributed by atoms with Gasteiger partial charge in [-0.3, -0.25) is 10.1 Å². The molecule has 1 fully saturated rings. The fraction of sp³-hybridized carbons (Fsp3) is 0.500. The summed E-state index contributed by atoms with van der Waals surface area (Å²) in [6.07, 6.45) is 2.77. The van der Waals surface area contributed by atoms with Crippen LogP contribution in [0.25, 0.3) is 0 Å². The van der Waals surface area contributed by atoms with E-state index in [0.29, 0.717) is 12.8 Å². The molecule has 0 heterocycles. The lowest BCUT2D eigenvalue weighted by atomic mass is 9.76. The van der Waals surface area contributed by atoms with Crippen molar-refractivity contribution in [2.45, 2.75) is 38.1 Å². The minimum Gasteiger partial charge on any atom is -0.480 e. The number of rotatable bonds is 4. The Balaban J connectivity index is 2.34. The van der Waals surface area contributed by atoms with Crippen molar-refractivity contribution in [3.63, 3.8) is 0 Å². The van der Waals surface area contributed by atoms with Crippen LogP contribution < -0.4 is 5.32 Å². The fourth-order valence-electron chi connectivity index (χ4n) is 2.91. The number of nitrogens with zero attached hydrogens (tertiary/aromatic N) is 1. The highest BCUT2D eigenvalue weighted by Crippen LogP contribution is 2.37. The van der Waals surface area contributed by atoms with E-state index in [1.54, 1.807) is 18.2 Å². The van der Waals surface area contributed by atoms with E-state index >= 15 is 0 Å². The number of benzene rings is 1. The molecule has 0 aliphatic heterocycles. The first-order chi connectivity index (χ1) is 9.44. The number of para-hydroxylation sites is 2. The quantitative estimate of drug-likeness (QED) is 0.652. The maximum Gasteiger partial charge on any atom is 0.329 e. The summed E-state index contributed by atoms with van der Waals surface area (Å²) in [5, 5.41) is 23.5. The Morgan fingerprint density at radius 3 is 2.80 bits per heavy atom. The lowest BCUT2D eigenvalue weighted by Crippen LogP contribution is -2.49. The third-order valence-electron chi connectivity index (χ3n) is 3.88. The van der Waals surface area contributed by atoms with Gasteiger partial charge in [-0.2, -0.15) is 0 Å². The van der Waals surface area contributed by atoms with Crippen LogP contribution in [0.1, 0.15) is 32.6 Å². The van der Waals surface area contributed by atoms with Crippen molar-refractivity contribution in [3.8, 4) is 0 Å². The number of carboxylic acid groups (broad SMARTS) is 1. The van der Waals surface area contributed by atoms with Gasteiger partial charge in [0, 0.05) is 6.07 Å². The number of carboxylic acids is 1. The van der Waals surface area contributed by atoms with E-state index < -0.39 is 16.4 Å². The monoisotopic (exact) mass is 278 g/mol. The van der Waals surface area contributed by atoms with Gasteiger partial charge in [-0.05, 0) is 24.8 Å². The first-order valence-electron chi connectivity index (χ1n) is 6.69. The third kappa shape index (κ3) is 2.74.